The average Bonchev–Trinajstić information content (AvgIpc) is 2.83. The van der Waals surface area contributed by atoms with Crippen LogP contribution in [-0.4, -0.2) is 32.5 Å². The van der Waals surface area contributed by atoms with Gasteiger partial charge < -0.3 is 5.32 Å². The number of nitrogens with one attached hydrogen (secondary N) is 3. The van der Waals surface area contributed by atoms with Gasteiger partial charge in [-0.25, -0.2) is 4.79 Å². The number of rotatable bonds is 4. The highest BCUT2D eigenvalue weighted by Crippen LogP contribution is 2.19. The molecule has 23 heavy (non-hydrogen) atoms. The second-order valence-electron chi connectivity index (χ2n) is 6.80. The molecule has 0 aromatic carbocycles. The molecule has 0 aliphatic rings. The third kappa shape index (κ3) is 5.05. The standard InChI is InChI=1S/C16H24N6O/c1-10(8-12-9-11(2)19-20-12)17-15(23)18-14-7-6-13(21-22-14)16(3,4)5/h6-7,9-10H,8H2,1-5H3,(H,19,20)(H2,17,18,22,23). The highest BCUT2D eigenvalue weighted by Gasteiger charge is 2.16. The highest BCUT2D eigenvalue weighted by molar-refractivity contribution is 5.88. The molecule has 3 N–H and O–H groups in total. The minimum atomic E-state index is -0.303. The molecule has 0 spiro atoms. The van der Waals surface area contributed by atoms with Crippen LogP contribution in [0.15, 0.2) is 18.2 Å². The molecular formula is C16H24N6O. The first-order valence-corrected chi connectivity index (χ1v) is 7.66. The molecule has 1 atom stereocenters. The van der Waals surface area contributed by atoms with Crippen molar-refractivity contribution in [1.82, 2.24) is 25.7 Å². The lowest BCUT2D eigenvalue weighted by molar-refractivity contribution is 0.249. The number of carbonyl (C=O) groups is 1. The zero-order valence-corrected chi connectivity index (χ0v) is 14.3. The number of hydrogen-bond donors (Lipinski definition) is 3. The lowest BCUT2D eigenvalue weighted by atomic mass is 9.92. The van der Waals surface area contributed by atoms with Gasteiger partial charge in [0.25, 0.3) is 0 Å². The van der Waals surface area contributed by atoms with Crippen molar-refractivity contribution in [2.75, 3.05) is 5.32 Å². The van der Waals surface area contributed by atoms with Gasteiger partial charge in [0.15, 0.2) is 5.82 Å². The Balaban J connectivity index is 1.86. The van der Waals surface area contributed by atoms with Crippen LogP contribution in [0.4, 0.5) is 10.6 Å². The van der Waals surface area contributed by atoms with Crippen LogP contribution in [-0.2, 0) is 11.8 Å². The number of anilines is 1. The van der Waals surface area contributed by atoms with Crippen LogP contribution < -0.4 is 10.6 Å². The van der Waals surface area contributed by atoms with Crippen molar-refractivity contribution in [2.24, 2.45) is 0 Å². The number of aryl methyl sites for hydroxylation is 1. The number of nitrogens with zero attached hydrogens (tertiary/aromatic N) is 3. The second-order valence-corrected chi connectivity index (χ2v) is 6.80. The molecule has 2 aromatic rings. The summed E-state index contributed by atoms with van der Waals surface area (Å²) in [5.74, 6) is 0.429. The number of urea groups is 1. The average molecular weight is 316 g/mol. The molecule has 0 fully saturated rings. The molecule has 2 rings (SSSR count). The predicted molar refractivity (Wildman–Crippen MR) is 89.4 cm³/mol. The zero-order chi connectivity index (χ0) is 17.0. The highest BCUT2D eigenvalue weighted by atomic mass is 16.2. The van der Waals surface area contributed by atoms with Gasteiger partial charge in [-0.1, -0.05) is 20.8 Å². The maximum atomic E-state index is 12.0. The number of amides is 2. The molecule has 0 bridgehead atoms. The Hall–Kier alpha value is -2.44. The van der Waals surface area contributed by atoms with E-state index >= 15 is 0 Å². The Morgan fingerprint density at radius 2 is 2.04 bits per heavy atom. The van der Waals surface area contributed by atoms with E-state index in [0.717, 1.165) is 17.1 Å². The van der Waals surface area contributed by atoms with Crippen LogP contribution in [0.5, 0.6) is 0 Å². The van der Waals surface area contributed by atoms with Crippen molar-refractivity contribution >= 4 is 11.8 Å². The van der Waals surface area contributed by atoms with E-state index < -0.39 is 0 Å². The molecule has 2 amide bonds. The first-order chi connectivity index (χ1) is 10.7. The lowest BCUT2D eigenvalue weighted by Gasteiger charge is -2.17. The van der Waals surface area contributed by atoms with Gasteiger partial charge in [0, 0.05) is 23.6 Å². The van der Waals surface area contributed by atoms with Gasteiger partial charge in [-0.3, -0.25) is 10.4 Å². The van der Waals surface area contributed by atoms with Crippen molar-refractivity contribution in [3.63, 3.8) is 0 Å². The topological polar surface area (TPSA) is 95.6 Å². The van der Waals surface area contributed by atoms with Gasteiger partial charge in [0.2, 0.25) is 0 Å². The summed E-state index contributed by atoms with van der Waals surface area (Å²) in [6, 6.07) is 5.25. The molecule has 2 heterocycles. The van der Waals surface area contributed by atoms with E-state index in [9.17, 15) is 4.79 Å². The summed E-state index contributed by atoms with van der Waals surface area (Å²) in [5, 5.41) is 20.8. The predicted octanol–water partition coefficient (Wildman–Crippen LogP) is 2.56. The molecular weight excluding hydrogens is 292 g/mol. The SMILES string of the molecule is Cc1cc(CC(C)NC(=O)Nc2ccc(C(C)(C)C)nn2)n[nH]1. The molecule has 0 aliphatic carbocycles. The summed E-state index contributed by atoms with van der Waals surface area (Å²) in [5.41, 5.74) is 2.74. The van der Waals surface area contributed by atoms with Crippen molar-refractivity contribution in [3.8, 4) is 0 Å². The second kappa shape index (κ2) is 6.76. The van der Waals surface area contributed by atoms with Crippen molar-refractivity contribution in [3.05, 3.63) is 35.3 Å². The molecule has 0 radical (unpaired) electrons. The summed E-state index contributed by atoms with van der Waals surface area (Å²) in [7, 11) is 0. The van der Waals surface area contributed by atoms with E-state index in [4.69, 9.17) is 0 Å². The number of aromatic amines is 1. The van der Waals surface area contributed by atoms with Crippen molar-refractivity contribution in [1.29, 1.82) is 0 Å². The molecule has 0 saturated heterocycles. The first-order valence-electron chi connectivity index (χ1n) is 7.66. The monoisotopic (exact) mass is 316 g/mol. The maximum Gasteiger partial charge on any atom is 0.320 e. The smallest absolute Gasteiger partial charge is 0.320 e. The largest absolute Gasteiger partial charge is 0.335 e. The minimum Gasteiger partial charge on any atom is -0.335 e. The van der Waals surface area contributed by atoms with Gasteiger partial charge in [-0.2, -0.15) is 10.2 Å². The third-order valence-corrected chi connectivity index (χ3v) is 3.33. The molecule has 0 saturated carbocycles. The normalized spacial score (nSPS) is 12.7. The van der Waals surface area contributed by atoms with Crippen LogP contribution in [0.2, 0.25) is 0 Å². The molecule has 1 unspecified atom stereocenters. The summed E-state index contributed by atoms with van der Waals surface area (Å²) >= 11 is 0. The Morgan fingerprint density at radius 3 is 2.57 bits per heavy atom. The van der Waals surface area contributed by atoms with Gasteiger partial charge >= 0.3 is 6.03 Å². The fraction of sp³-hybridized carbons (Fsp3) is 0.500. The Bertz CT molecular complexity index is 656. The van der Waals surface area contributed by atoms with Gasteiger partial charge in [-0.15, -0.1) is 5.10 Å². The fourth-order valence-electron chi connectivity index (χ4n) is 2.12. The lowest BCUT2D eigenvalue weighted by Crippen LogP contribution is -2.37. The Kier molecular flexibility index (Phi) is 4.98. The van der Waals surface area contributed by atoms with E-state index in [2.05, 4.69) is 51.8 Å². The van der Waals surface area contributed by atoms with Crippen LogP contribution >= 0.6 is 0 Å². The molecule has 2 aromatic heterocycles. The summed E-state index contributed by atoms with van der Waals surface area (Å²) in [6.45, 7) is 10.1. The number of aromatic nitrogens is 4. The Labute approximate surface area is 136 Å². The number of hydrogen-bond acceptors (Lipinski definition) is 4. The van der Waals surface area contributed by atoms with Crippen molar-refractivity contribution in [2.45, 2.75) is 52.5 Å². The number of H-pyrrole nitrogens is 1. The maximum absolute atomic E-state index is 12.0. The summed E-state index contributed by atoms with van der Waals surface area (Å²) in [6.07, 6.45) is 0.659. The molecule has 7 heteroatoms. The first kappa shape index (κ1) is 16.9. The van der Waals surface area contributed by atoms with E-state index in [0.29, 0.717) is 12.2 Å². The molecule has 0 aliphatic heterocycles. The van der Waals surface area contributed by atoms with Crippen LogP contribution in [0.25, 0.3) is 0 Å². The van der Waals surface area contributed by atoms with Gasteiger partial charge in [0.1, 0.15) is 0 Å². The summed E-state index contributed by atoms with van der Waals surface area (Å²) < 4.78 is 0. The Morgan fingerprint density at radius 1 is 1.30 bits per heavy atom. The van der Waals surface area contributed by atoms with E-state index in [1.165, 1.54) is 0 Å². The third-order valence-electron chi connectivity index (χ3n) is 3.33. The summed E-state index contributed by atoms with van der Waals surface area (Å²) in [4.78, 5) is 12.0. The van der Waals surface area contributed by atoms with Crippen LogP contribution in [0.1, 0.15) is 44.8 Å². The fourth-order valence-corrected chi connectivity index (χ4v) is 2.12. The quantitative estimate of drug-likeness (QED) is 0.807. The van der Waals surface area contributed by atoms with E-state index in [-0.39, 0.29) is 17.5 Å². The zero-order valence-electron chi connectivity index (χ0n) is 14.3. The van der Waals surface area contributed by atoms with Gasteiger partial charge in [-0.05, 0) is 32.0 Å². The van der Waals surface area contributed by atoms with Crippen molar-refractivity contribution < 1.29 is 4.79 Å². The number of carbonyl (C=O) groups excluding carboxylic acids is 1. The van der Waals surface area contributed by atoms with E-state index in [1.807, 2.05) is 26.0 Å². The molecule has 7 nitrogen and oxygen atoms in total. The molecule has 124 valence electrons. The van der Waals surface area contributed by atoms with Crippen LogP contribution in [0, 0.1) is 6.92 Å². The minimum absolute atomic E-state index is 0.0421. The van der Waals surface area contributed by atoms with Gasteiger partial charge in [0.05, 0.1) is 11.4 Å². The van der Waals surface area contributed by atoms with E-state index in [1.54, 1.807) is 6.07 Å². The van der Waals surface area contributed by atoms with Crippen LogP contribution in [0.3, 0.4) is 0 Å².